The van der Waals surface area contributed by atoms with E-state index in [9.17, 15) is 12.8 Å². The van der Waals surface area contributed by atoms with Gasteiger partial charge in [-0.15, -0.1) is 11.6 Å². The van der Waals surface area contributed by atoms with Crippen LogP contribution >= 0.6 is 23.2 Å². The van der Waals surface area contributed by atoms with Crippen LogP contribution in [-0.2, 0) is 10.0 Å². The predicted octanol–water partition coefficient (Wildman–Crippen LogP) is 2.85. The van der Waals surface area contributed by atoms with Gasteiger partial charge in [-0.1, -0.05) is 11.6 Å². The summed E-state index contributed by atoms with van der Waals surface area (Å²) in [4.78, 5) is 0. The van der Waals surface area contributed by atoms with Crippen LogP contribution in [0, 0.1) is 5.82 Å². The van der Waals surface area contributed by atoms with Gasteiger partial charge < -0.3 is 0 Å². The summed E-state index contributed by atoms with van der Waals surface area (Å²) in [6.07, 6.45) is 0.340. The molecular weight excluding hydrogens is 276 g/mol. The van der Waals surface area contributed by atoms with E-state index in [4.69, 9.17) is 23.2 Å². The van der Waals surface area contributed by atoms with Crippen LogP contribution in [-0.4, -0.2) is 20.1 Å². The Morgan fingerprint density at radius 1 is 1.38 bits per heavy atom. The van der Waals surface area contributed by atoms with Gasteiger partial charge in [0, 0.05) is 5.88 Å². The molecule has 0 saturated heterocycles. The van der Waals surface area contributed by atoms with Crippen molar-refractivity contribution in [1.29, 1.82) is 0 Å². The maximum Gasteiger partial charge on any atom is 0.232 e. The zero-order chi connectivity index (χ0) is 12.2. The largest absolute Gasteiger partial charge is 0.283 e. The fourth-order valence-electron chi connectivity index (χ4n) is 1.03. The summed E-state index contributed by atoms with van der Waals surface area (Å²) in [6.45, 7) is 0. The molecule has 0 fully saturated rings. The van der Waals surface area contributed by atoms with Gasteiger partial charge in [-0.3, -0.25) is 4.72 Å². The summed E-state index contributed by atoms with van der Waals surface area (Å²) in [5, 5.41) is -0.0521. The predicted molar refractivity (Wildman–Crippen MR) is 64.2 cm³/mol. The van der Waals surface area contributed by atoms with Crippen molar-refractivity contribution in [2.45, 2.75) is 6.42 Å². The Hall–Kier alpha value is -0.520. The number of hydrogen-bond acceptors (Lipinski definition) is 2. The third-order valence-electron chi connectivity index (χ3n) is 1.74. The summed E-state index contributed by atoms with van der Waals surface area (Å²) in [7, 11) is -3.47. The lowest BCUT2D eigenvalue weighted by atomic mass is 10.3. The van der Waals surface area contributed by atoms with E-state index in [2.05, 4.69) is 4.72 Å². The number of nitrogens with one attached hydrogen (secondary N) is 1. The minimum absolute atomic E-state index is 0.0521. The first-order valence-electron chi connectivity index (χ1n) is 4.46. The molecule has 1 rings (SSSR count). The molecule has 1 N–H and O–H groups in total. The lowest BCUT2D eigenvalue weighted by Crippen LogP contribution is -2.17. The van der Waals surface area contributed by atoms with Crippen molar-refractivity contribution in [2.24, 2.45) is 0 Å². The molecule has 1 aromatic rings. The summed E-state index contributed by atoms with van der Waals surface area (Å²) < 4.78 is 38.1. The van der Waals surface area contributed by atoms with Gasteiger partial charge >= 0.3 is 0 Å². The fraction of sp³-hybridized carbons (Fsp3) is 0.333. The maximum atomic E-state index is 13.0. The minimum Gasteiger partial charge on any atom is -0.283 e. The zero-order valence-corrected chi connectivity index (χ0v) is 10.5. The zero-order valence-electron chi connectivity index (χ0n) is 8.21. The molecular formula is C9H10Cl2FNO2S. The van der Waals surface area contributed by atoms with E-state index in [1.807, 2.05) is 0 Å². The van der Waals surface area contributed by atoms with Gasteiger partial charge in [0.2, 0.25) is 10.0 Å². The van der Waals surface area contributed by atoms with Crippen molar-refractivity contribution in [3.05, 3.63) is 29.0 Å². The number of benzene rings is 1. The fourth-order valence-corrected chi connectivity index (χ4v) is 2.56. The molecule has 0 bridgehead atoms. The Balaban J connectivity index is 2.76. The molecule has 3 nitrogen and oxygen atoms in total. The van der Waals surface area contributed by atoms with Gasteiger partial charge in [0.25, 0.3) is 0 Å². The monoisotopic (exact) mass is 285 g/mol. The Morgan fingerprint density at radius 2 is 2.06 bits per heavy atom. The second-order valence-electron chi connectivity index (χ2n) is 3.09. The molecule has 0 aliphatic heterocycles. The molecule has 0 amide bonds. The summed E-state index contributed by atoms with van der Waals surface area (Å²) in [6, 6.07) is 3.71. The van der Waals surface area contributed by atoms with Crippen LogP contribution in [0.15, 0.2) is 18.2 Å². The van der Waals surface area contributed by atoms with Crippen LogP contribution in [0.25, 0.3) is 0 Å². The first-order valence-corrected chi connectivity index (χ1v) is 7.02. The third kappa shape index (κ3) is 4.15. The topological polar surface area (TPSA) is 46.2 Å². The molecule has 1 aromatic carbocycles. The lowest BCUT2D eigenvalue weighted by molar-refractivity contribution is 0.600. The molecule has 0 aliphatic carbocycles. The van der Waals surface area contributed by atoms with E-state index >= 15 is 0 Å². The average Bonchev–Trinajstić information content (AvgIpc) is 2.20. The molecule has 0 radical (unpaired) electrons. The average molecular weight is 286 g/mol. The molecule has 0 unspecified atom stereocenters. The van der Waals surface area contributed by atoms with E-state index in [1.54, 1.807) is 0 Å². The van der Waals surface area contributed by atoms with Crippen LogP contribution < -0.4 is 4.72 Å². The van der Waals surface area contributed by atoms with E-state index in [0.29, 0.717) is 6.42 Å². The molecule has 7 heteroatoms. The minimum atomic E-state index is -3.47. The summed E-state index contributed by atoms with van der Waals surface area (Å²) in [5.41, 5.74) is 0.150. The van der Waals surface area contributed by atoms with Gasteiger partial charge in [0.1, 0.15) is 5.82 Å². The van der Waals surface area contributed by atoms with E-state index < -0.39 is 15.8 Å². The van der Waals surface area contributed by atoms with Crippen LogP contribution in [0.4, 0.5) is 10.1 Å². The van der Waals surface area contributed by atoms with Crippen LogP contribution in [0.1, 0.15) is 6.42 Å². The number of sulfonamides is 1. The van der Waals surface area contributed by atoms with Crippen LogP contribution in [0.3, 0.4) is 0 Å². The lowest BCUT2D eigenvalue weighted by Gasteiger charge is -2.07. The van der Waals surface area contributed by atoms with Gasteiger partial charge in [-0.25, -0.2) is 12.8 Å². The van der Waals surface area contributed by atoms with Crippen LogP contribution in [0.2, 0.25) is 5.02 Å². The standard InChI is InChI=1S/C9H10Cl2FNO2S/c10-4-1-5-16(14,15)13-7-2-3-8(11)9(12)6-7/h2-3,6,13H,1,4-5H2. The van der Waals surface area contributed by atoms with Crippen molar-refractivity contribution in [3.63, 3.8) is 0 Å². The Morgan fingerprint density at radius 3 is 2.62 bits per heavy atom. The molecule has 0 aliphatic rings. The molecule has 0 aromatic heterocycles. The van der Waals surface area contributed by atoms with Gasteiger partial charge in [0.15, 0.2) is 0 Å². The first-order chi connectivity index (χ1) is 7.44. The SMILES string of the molecule is O=S(=O)(CCCCl)Nc1ccc(Cl)c(F)c1. The number of anilines is 1. The first kappa shape index (κ1) is 13.5. The van der Waals surface area contributed by atoms with Crippen molar-refractivity contribution < 1.29 is 12.8 Å². The molecule has 90 valence electrons. The van der Waals surface area contributed by atoms with Crippen molar-refractivity contribution >= 4 is 38.9 Å². The third-order valence-corrected chi connectivity index (χ3v) is 3.69. The van der Waals surface area contributed by atoms with Crippen molar-refractivity contribution in [1.82, 2.24) is 0 Å². The number of hydrogen-bond donors (Lipinski definition) is 1. The molecule has 0 atom stereocenters. The highest BCUT2D eigenvalue weighted by molar-refractivity contribution is 7.92. The normalized spacial score (nSPS) is 11.4. The highest BCUT2D eigenvalue weighted by Crippen LogP contribution is 2.19. The number of alkyl halides is 1. The van der Waals surface area contributed by atoms with Gasteiger partial charge in [-0.05, 0) is 24.6 Å². The molecule has 0 heterocycles. The number of halogens is 3. The second-order valence-corrected chi connectivity index (χ2v) is 5.72. The maximum absolute atomic E-state index is 13.0. The van der Waals surface area contributed by atoms with Crippen LogP contribution in [0.5, 0.6) is 0 Å². The highest BCUT2D eigenvalue weighted by atomic mass is 35.5. The Kier molecular flexibility index (Phi) is 4.83. The summed E-state index contributed by atoms with van der Waals surface area (Å²) in [5.74, 6) is -0.504. The van der Waals surface area contributed by atoms with E-state index in [-0.39, 0.29) is 22.3 Å². The summed E-state index contributed by atoms with van der Waals surface area (Å²) >= 11 is 10.9. The smallest absolute Gasteiger partial charge is 0.232 e. The Bertz CT molecular complexity index is 465. The van der Waals surface area contributed by atoms with Gasteiger partial charge in [-0.2, -0.15) is 0 Å². The van der Waals surface area contributed by atoms with E-state index in [1.165, 1.54) is 12.1 Å². The Labute approximate surface area is 104 Å². The second kappa shape index (κ2) is 5.70. The quantitative estimate of drug-likeness (QED) is 0.846. The van der Waals surface area contributed by atoms with Crippen molar-refractivity contribution in [3.8, 4) is 0 Å². The van der Waals surface area contributed by atoms with E-state index in [0.717, 1.165) is 6.07 Å². The van der Waals surface area contributed by atoms with Crippen molar-refractivity contribution in [2.75, 3.05) is 16.4 Å². The molecule has 0 saturated carbocycles. The highest BCUT2D eigenvalue weighted by Gasteiger charge is 2.10. The molecule has 0 spiro atoms. The molecule has 16 heavy (non-hydrogen) atoms. The number of rotatable bonds is 5. The van der Waals surface area contributed by atoms with Gasteiger partial charge in [0.05, 0.1) is 16.5 Å².